The van der Waals surface area contributed by atoms with Crippen molar-refractivity contribution in [3.8, 4) is 17.3 Å². The third kappa shape index (κ3) is 4.17. The molecule has 3 atom stereocenters. The molecule has 1 saturated heterocycles. The van der Waals surface area contributed by atoms with Crippen LogP contribution in [0.25, 0.3) is 11.4 Å². The smallest absolute Gasteiger partial charge is 0.417 e. The van der Waals surface area contributed by atoms with E-state index >= 15 is 0 Å². The average Bonchev–Trinajstić information content (AvgIpc) is 3.40. The van der Waals surface area contributed by atoms with Crippen molar-refractivity contribution in [3.05, 3.63) is 65.6 Å². The normalized spacial score (nSPS) is 21.7. The predicted octanol–water partition coefficient (Wildman–Crippen LogP) is 4.08. The molecule has 4 heterocycles. The Morgan fingerprint density at radius 2 is 1.82 bits per heavy atom. The number of amides is 1. The summed E-state index contributed by atoms with van der Waals surface area (Å²) in [5, 5.41) is 0. The van der Waals surface area contributed by atoms with Gasteiger partial charge in [-0.05, 0) is 43.9 Å². The van der Waals surface area contributed by atoms with Crippen LogP contribution in [0.1, 0.15) is 34.6 Å². The highest BCUT2D eigenvalue weighted by molar-refractivity contribution is 5.98. The SMILES string of the molecule is Cc1ccc(-c2ncc(F)cn2)c(C(=O)N2CC3CC(Oc4ccc(C(F)(F)F)cn4)C2C3)n1. The van der Waals surface area contributed by atoms with Gasteiger partial charge in [0.25, 0.3) is 5.91 Å². The number of nitrogens with zero attached hydrogens (tertiary/aromatic N) is 5. The summed E-state index contributed by atoms with van der Waals surface area (Å²) in [6.45, 7) is 2.27. The molecule has 1 aliphatic heterocycles. The number of rotatable bonds is 4. The molecule has 3 aromatic rings. The van der Waals surface area contributed by atoms with Crippen LogP contribution in [0.5, 0.6) is 5.88 Å². The number of alkyl halides is 3. The zero-order valence-electron chi connectivity index (χ0n) is 18.0. The van der Waals surface area contributed by atoms with Crippen molar-refractivity contribution in [2.24, 2.45) is 5.92 Å². The van der Waals surface area contributed by atoms with Gasteiger partial charge in [0.15, 0.2) is 11.6 Å². The number of hydrogen-bond acceptors (Lipinski definition) is 6. The first-order chi connectivity index (χ1) is 16.2. The summed E-state index contributed by atoms with van der Waals surface area (Å²) >= 11 is 0. The fourth-order valence-electron chi connectivity index (χ4n) is 4.59. The number of carbonyl (C=O) groups excluding carboxylic acids is 1. The van der Waals surface area contributed by atoms with Crippen LogP contribution in [0.4, 0.5) is 17.6 Å². The molecule has 2 aliphatic rings. The maximum absolute atomic E-state index is 13.5. The second-order valence-electron chi connectivity index (χ2n) is 8.48. The molecular weight excluding hydrogens is 454 g/mol. The van der Waals surface area contributed by atoms with E-state index in [0.717, 1.165) is 24.7 Å². The average molecular weight is 473 g/mol. The molecule has 2 fully saturated rings. The van der Waals surface area contributed by atoms with Crippen molar-refractivity contribution in [3.63, 3.8) is 0 Å². The van der Waals surface area contributed by atoms with Gasteiger partial charge in [0, 0.05) is 24.5 Å². The van der Waals surface area contributed by atoms with E-state index in [1.54, 1.807) is 24.0 Å². The summed E-state index contributed by atoms with van der Waals surface area (Å²) in [5.74, 6) is -0.461. The molecule has 0 aromatic carbocycles. The third-order valence-electron chi connectivity index (χ3n) is 6.12. The van der Waals surface area contributed by atoms with Crippen molar-refractivity contribution in [1.82, 2.24) is 24.8 Å². The number of fused-ring (bicyclic) bond motifs is 2. The Labute approximate surface area is 191 Å². The van der Waals surface area contributed by atoms with E-state index in [9.17, 15) is 22.4 Å². The highest BCUT2D eigenvalue weighted by Gasteiger charge is 2.49. The van der Waals surface area contributed by atoms with Crippen LogP contribution < -0.4 is 4.74 Å². The Kier molecular flexibility index (Phi) is 5.41. The second-order valence-corrected chi connectivity index (χ2v) is 8.48. The van der Waals surface area contributed by atoms with Crippen molar-refractivity contribution in [2.75, 3.05) is 6.54 Å². The van der Waals surface area contributed by atoms with E-state index in [1.807, 2.05) is 0 Å². The number of likely N-dealkylation sites (tertiary alicyclic amines) is 1. The van der Waals surface area contributed by atoms with Gasteiger partial charge in [-0.2, -0.15) is 13.2 Å². The fourth-order valence-corrected chi connectivity index (χ4v) is 4.59. The highest BCUT2D eigenvalue weighted by atomic mass is 19.4. The van der Waals surface area contributed by atoms with E-state index in [2.05, 4.69) is 19.9 Å². The summed E-state index contributed by atoms with van der Waals surface area (Å²) in [6, 6.07) is 5.23. The molecule has 0 radical (unpaired) electrons. The zero-order chi connectivity index (χ0) is 24.0. The van der Waals surface area contributed by atoms with Gasteiger partial charge in [-0.15, -0.1) is 0 Å². The van der Waals surface area contributed by atoms with Crippen LogP contribution in [0.2, 0.25) is 0 Å². The van der Waals surface area contributed by atoms with Gasteiger partial charge in [-0.25, -0.2) is 24.3 Å². The molecular formula is C23H19F4N5O2. The van der Waals surface area contributed by atoms with Crippen LogP contribution in [0, 0.1) is 18.7 Å². The van der Waals surface area contributed by atoms with Crippen LogP contribution in [-0.4, -0.2) is 49.4 Å². The minimum Gasteiger partial charge on any atom is -0.472 e. The van der Waals surface area contributed by atoms with Crippen molar-refractivity contribution >= 4 is 5.91 Å². The van der Waals surface area contributed by atoms with Crippen LogP contribution in [0.15, 0.2) is 42.9 Å². The van der Waals surface area contributed by atoms with E-state index in [-0.39, 0.29) is 35.3 Å². The summed E-state index contributed by atoms with van der Waals surface area (Å²) in [6.07, 6.45) is -0.713. The van der Waals surface area contributed by atoms with E-state index < -0.39 is 23.7 Å². The number of aryl methyl sites for hydroxylation is 1. The standard InChI is InChI=1S/C23H19F4N5O2/c1-12-2-4-16(21-29-9-15(24)10-30-21)20(31-12)22(33)32-11-13-6-17(32)18(7-13)34-19-5-3-14(8-28-19)23(25,26)27/h2-5,8-10,13,17-18H,6-7,11H2,1H3. The lowest BCUT2D eigenvalue weighted by molar-refractivity contribution is -0.137. The van der Waals surface area contributed by atoms with Crippen molar-refractivity contribution < 1.29 is 27.1 Å². The van der Waals surface area contributed by atoms with Gasteiger partial charge in [-0.1, -0.05) is 0 Å². The Hall–Kier alpha value is -3.63. The zero-order valence-corrected chi connectivity index (χ0v) is 18.0. The minimum absolute atomic E-state index is 0.0760. The van der Waals surface area contributed by atoms with Crippen molar-refractivity contribution in [1.29, 1.82) is 0 Å². The van der Waals surface area contributed by atoms with E-state index in [4.69, 9.17) is 4.74 Å². The minimum atomic E-state index is -4.48. The lowest BCUT2D eigenvalue weighted by Gasteiger charge is -2.33. The number of ether oxygens (including phenoxy) is 1. The Balaban J connectivity index is 1.38. The topological polar surface area (TPSA) is 81.1 Å². The largest absolute Gasteiger partial charge is 0.472 e. The Morgan fingerprint density at radius 3 is 2.47 bits per heavy atom. The third-order valence-corrected chi connectivity index (χ3v) is 6.12. The monoisotopic (exact) mass is 473 g/mol. The summed E-state index contributed by atoms with van der Waals surface area (Å²) < 4.78 is 57.6. The maximum Gasteiger partial charge on any atom is 0.417 e. The van der Waals surface area contributed by atoms with Crippen LogP contribution in [-0.2, 0) is 6.18 Å². The number of carbonyl (C=O) groups is 1. The van der Waals surface area contributed by atoms with E-state index in [1.165, 1.54) is 6.07 Å². The van der Waals surface area contributed by atoms with Gasteiger partial charge in [-0.3, -0.25) is 4.79 Å². The molecule has 5 rings (SSSR count). The molecule has 0 N–H and O–H groups in total. The number of pyridine rings is 2. The second kappa shape index (κ2) is 8.30. The molecule has 1 amide bonds. The molecule has 1 aliphatic carbocycles. The molecule has 7 nitrogen and oxygen atoms in total. The molecule has 11 heteroatoms. The quantitative estimate of drug-likeness (QED) is 0.532. The molecule has 3 unspecified atom stereocenters. The molecule has 176 valence electrons. The van der Waals surface area contributed by atoms with Crippen LogP contribution >= 0.6 is 0 Å². The number of aromatic nitrogens is 4. The molecule has 2 bridgehead atoms. The Morgan fingerprint density at radius 1 is 1.06 bits per heavy atom. The first kappa shape index (κ1) is 22.2. The van der Waals surface area contributed by atoms with Gasteiger partial charge < -0.3 is 9.64 Å². The molecule has 1 saturated carbocycles. The summed E-state index contributed by atoms with van der Waals surface area (Å²) in [7, 11) is 0. The van der Waals surface area contributed by atoms with Gasteiger partial charge in [0.1, 0.15) is 11.8 Å². The molecule has 34 heavy (non-hydrogen) atoms. The fraction of sp³-hybridized carbons (Fsp3) is 0.348. The molecule has 3 aromatic heterocycles. The number of halogens is 4. The lowest BCUT2D eigenvalue weighted by atomic mass is 10.1. The number of hydrogen-bond donors (Lipinski definition) is 0. The van der Waals surface area contributed by atoms with Gasteiger partial charge in [0.2, 0.25) is 5.88 Å². The van der Waals surface area contributed by atoms with Gasteiger partial charge >= 0.3 is 6.18 Å². The van der Waals surface area contributed by atoms with Crippen molar-refractivity contribution in [2.45, 2.75) is 38.1 Å². The predicted molar refractivity (Wildman–Crippen MR) is 111 cm³/mol. The molecule has 0 spiro atoms. The summed E-state index contributed by atoms with van der Waals surface area (Å²) in [5.41, 5.74) is 0.316. The van der Waals surface area contributed by atoms with Crippen LogP contribution in [0.3, 0.4) is 0 Å². The highest BCUT2D eigenvalue weighted by Crippen LogP contribution is 2.41. The maximum atomic E-state index is 13.5. The summed E-state index contributed by atoms with van der Waals surface area (Å²) in [4.78, 5) is 31.4. The van der Waals surface area contributed by atoms with Gasteiger partial charge in [0.05, 0.1) is 29.6 Å². The number of piperidine rings is 1. The Bertz CT molecular complexity index is 1220. The van der Waals surface area contributed by atoms with E-state index in [0.29, 0.717) is 30.6 Å². The lowest BCUT2D eigenvalue weighted by Crippen LogP contribution is -2.47. The first-order valence-electron chi connectivity index (χ1n) is 10.7. The first-order valence-corrected chi connectivity index (χ1v) is 10.7.